The zero-order valence-electron chi connectivity index (χ0n) is 21.8. The number of nitrogens with zero attached hydrogens (tertiary/aromatic N) is 6. The molecule has 0 bridgehead atoms. The molecule has 3 atom stereocenters. The molecule has 2 N–H and O–H groups in total. The van der Waals surface area contributed by atoms with Gasteiger partial charge in [-0.25, -0.2) is 13.1 Å². The van der Waals surface area contributed by atoms with Crippen LogP contribution in [0, 0.1) is 5.92 Å². The summed E-state index contributed by atoms with van der Waals surface area (Å²) in [6.45, 7) is 3.47. The van der Waals surface area contributed by atoms with E-state index >= 15 is 0 Å². The van der Waals surface area contributed by atoms with Gasteiger partial charge in [0.1, 0.15) is 24.7 Å². The average Bonchev–Trinajstić information content (AvgIpc) is 3.43. The number of fused-ring (bicyclic) bond motifs is 1. The lowest BCUT2D eigenvalue weighted by atomic mass is 9.99. The molecule has 1 aromatic heterocycles. The second kappa shape index (κ2) is 11.9. The molecule has 14 heteroatoms. The summed E-state index contributed by atoms with van der Waals surface area (Å²) in [6, 6.07) is 12.3. The summed E-state index contributed by atoms with van der Waals surface area (Å²) in [5.74, 6) is -0.809. The first-order valence-corrected chi connectivity index (χ1v) is 13.8. The topological polar surface area (TPSA) is 160 Å². The molecule has 0 saturated carbocycles. The van der Waals surface area contributed by atoms with Crippen molar-refractivity contribution in [1.82, 2.24) is 29.4 Å². The van der Waals surface area contributed by atoms with Crippen LogP contribution in [0.2, 0.25) is 0 Å². The fourth-order valence-corrected chi connectivity index (χ4v) is 5.45. The Balaban J connectivity index is 1.62. The predicted molar refractivity (Wildman–Crippen MR) is 140 cm³/mol. The summed E-state index contributed by atoms with van der Waals surface area (Å²) >= 11 is 0. The number of sulfonamides is 1. The van der Waals surface area contributed by atoms with Gasteiger partial charge in [0.05, 0.1) is 29.7 Å². The van der Waals surface area contributed by atoms with Gasteiger partial charge in [-0.3, -0.25) is 9.59 Å². The molecule has 2 amide bonds. The number of hydrogen-bond donors (Lipinski definition) is 2. The van der Waals surface area contributed by atoms with Crippen molar-refractivity contribution in [3.8, 4) is 5.75 Å². The molecule has 0 radical (unpaired) electrons. The molecule has 0 aliphatic carbocycles. The zero-order valence-corrected chi connectivity index (χ0v) is 22.7. The number of aliphatic hydroxyl groups is 1. The highest BCUT2D eigenvalue weighted by Crippen LogP contribution is 2.31. The zero-order chi connectivity index (χ0) is 28.2. The van der Waals surface area contributed by atoms with Gasteiger partial charge in [-0.2, -0.15) is 4.31 Å². The Labute approximate surface area is 226 Å². The van der Waals surface area contributed by atoms with Gasteiger partial charge in [0.15, 0.2) is 0 Å². The largest absolute Gasteiger partial charge is 0.488 e. The molecule has 0 unspecified atom stereocenters. The molecule has 13 nitrogen and oxygen atoms in total. The van der Waals surface area contributed by atoms with Gasteiger partial charge in [-0.1, -0.05) is 25.1 Å². The van der Waals surface area contributed by atoms with Crippen molar-refractivity contribution in [2.24, 2.45) is 5.92 Å². The van der Waals surface area contributed by atoms with Crippen LogP contribution >= 0.6 is 0 Å². The third-order valence-corrected chi connectivity index (χ3v) is 8.37. The molecule has 3 aromatic rings. The number of carbonyl (C=O) groups excluding carboxylic acids is 2. The normalized spacial score (nSPS) is 18.6. The molecule has 39 heavy (non-hydrogen) atoms. The van der Waals surface area contributed by atoms with Crippen LogP contribution in [-0.4, -0.2) is 93.6 Å². The number of likely N-dealkylation sites (N-methyl/N-ethyl adjacent to an activating group) is 1. The molecular formula is C25H31N7O6S. The third kappa shape index (κ3) is 6.41. The number of aliphatic hydroxyl groups excluding tert-OH is 1. The van der Waals surface area contributed by atoms with E-state index in [1.807, 2.05) is 6.92 Å². The summed E-state index contributed by atoms with van der Waals surface area (Å²) < 4.78 is 35.1. The second-order valence-corrected chi connectivity index (χ2v) is 11.5. The maximum Gasteiger partial charge on any atom is 0.258 e. The molecule has 4 rings (SSSR count). The molecule has 0 saturated heterocycles. The molecule has 2 heterocycles. The van der Waals surface area contributed by atoms with Crippen molar-refractivity contribution in [2.75, 3.05) is 32.1 Å². The lowest BCUT2D eigenvalue weighted by molar-refractivity contribution is -0.116. The molecule has 2 aromatic carbocycles. The minimum atomic E-state index is -3.78. The summed E-state index contributed by atoms with van der Waals surface area (Å²) in [6.07, 6.45) is 0.691. The van der Waals surface area contributed by atoms with E-state index < -0.39 is 28.1 Å². The van der Waals surface area contributed by atoms with Crippen LogP contribution in [0.25, 0.3) is 0 Å². The fourth-order valence-electron chi connectivity index (χ4n) is 4.24. The molecular weight excluding hydrogens is 526 g/mol. The second-order valence-electron chi connectivity index (χ2n) is 9.49. The highest BCUT2D eigenvalue weighted by molar-refractivity contribution is 7.89. The number of hydrogen-bond acceptors (Lipinski definition) is 9. The van der Waals surface area contributed by atoms with Gasteiger partial charge in [-0.15, -0.1) is 5.10 Å². The van der Waals surface area contributed by atoms with E-state index in [4.69, 9.17) is 4.74 Å². The minimum Gasteiger partial charge on any atom is -0.488 e. The van der Waals surface area contributed by atoms with E-state index in [-0.39, 0.29) is 54.3 Å². The number of rotatable bonds is 9. The van der Waals surface area contributed by atoms with Crippen LogP contribution in [0.3, 0.4) is 0 Å². The van der Waals surface area contributed by atoms with E-state index in [2.05, 4.69) is 20.8 Å². The Hall–Kier alpha value is -3.88. The summed E-state index contributed by atoms with van der Waals surface area (Å²) in [5.41, 5.74) is 0.537. The number of ether oxygens (including phenoxy) is 1. The van der Waals surface area contributed by atoms with Crippen molar-refractivity contribution in [3.05, 3.63) is 60.4 Å². The first kappa shape index (κ1) is 28.1. The Kier molecular flexibility index (Phi) is 8.57. The van der Waals surface area contributed by atoms with Crippen molar-refractivity contribution in [3.63, 3.8) is 0 Å². The number of anilines is 1. The highest BCUT2D eigenvalue weighted by Gasteiger charge is 2.35. The van der Waals surface area contributed by atoms with Crippen LogP contribution in [-0.2, 0) is 21.4 Å². The molecule has 208 valence electrons. The van der Waals surface area contributed by atoms with E-state index in [1.54, 1.807) is 37.3 Å². The number of nitrogens with one attached hydrogen (secondary N) is 1. The highest BCUT2D eigenvalue weighted by atomic mass is 32.2. The first-order valence-electron chi connectivity index (χ1n) is 12.3. The van der Waals surface area contributed by atoms with Gasteiger partial charge in [0.2, 0.25) is 15.9 Å². The van der Waals surface area contributed by atoms with Gasteiger partial charge in [0.25, 0.3) is 5.91 Å². The number of tetrazole rings is 1. The first-order chi connectivity index (χ1) is 18.6. The monoisotopic (exact) mass is 557 g/mol. The lowest BCUT2D eigenvalue weighted by Gasteiger charge is -2.38. The van der Waals surface area contributed by atoms with E-state index in [0.29, 0.717) is 5.69 Å². The SMILES string of the molecule is C[C@@H]1CN([C@H](C)CO)C(=O)c2cc(NC(=O)Cn3cnnn3)ccc2O[C@@H]1CN(C)S(=O)(=O)c1ccccc1. The van der Waals surface area contributed by atoms with Crippen molar-refractivity contribution in [2.45, 2.75) is 37.4 Å². The van der Waals surface area contributed by atoms with Crippen LogP contribution < -0.4 is 10.1 Å². The Bertz CT molecular complexity index is 1400. The molecule has 1 aliphatic heterocycles. The van der Waals surface area contributed by atoms with Gasteiger partial charge < -0.3 is 20.1 Å². The maximum atomic E-state index is 13.6. The Morgan fingerprint density at radius 3 is 2.67 bits per heavy atom. The van der Waals surface area contributed by atoms with Crippen LogP contribution in [0.4, 0.5) is 5.69 Å². The van der Waals surface area contributed by atoms with E-state index in [9.17, 15) is 23.1 Å². The quantitative estimate of drug-likeness (QED) is 0.389. The summed E-state index contributed by atoms with van der Waals surface area (Å²) in [5, 5.41) is 23.2. The van der Waals surface area contributed by atoms with E-state index in [1.165, 1.54) is 45.5 Å². The number of amides is 2. The van der Waals surface area contributed by atoms with Gasteiger partial charge >= 0.3 is 0 Å². The summed E-state index contributed by atoms with van der Waals surface area (Å²) in [7, 11) is -2.29. The Morgan fingerprint density at radius 1 is 1.26 bits per heavy atom. The van der Waals surface area contributed by atoms with Gasteiger partial charge in [-0.05, 0) is 47.7 Å². The minimum absolute atomic E-state index is 0.0256. The van der Waals surface area contributed by atoms with Crippen LogP contribution in [0.1, 0.15) is 24.2 Å². The lowest BCUT2D eigenvalue weighted by Crippen LogP contribution is -2.50. The molecule has 1 aliphatic rings. The third-order valence-electron chi connectivity index (χ3n) is 6.53. The number of aromatic nitrogens is 4. The molecule has 0 spiro atoms. The van der Waals surface area contributed by atoms with E-state index in [0.717, 1.165) is 0 Å². The van der Waals surface area contributed by atoms with Gasteiger partial charge in [0, 0.05) is 25.2 Å². The summed E-state index contributed by atoms with van der Waals surface area (Å²) in [4.78, 5) is 27.7. The van der Waals surface area contributed by atoms with Crippen LogP contribution in [0.5, 0.6) is 5.75 Å². The standard InChI is InChI=1S/C25H31N7O6S/c1-17-12-32(18(2)15-33)25(35)21-11-19(27-24(34)14-31-16-26-28-29-31)9-10-22(21)38-23(17)13-30(3)39(36,37)20-7-5-4-6-8-20/h4-11,16-18,23,33H,12-15H2,1-3H3,(H,27,34)/t17-,18-,23-/m1/s1. The average molecular weight is 558 g/mol. The maximum absolute atomic E-state index is 13.6. The van der Waals surface area contributed by atoms with Crippen molar-refractivity contribution in [1.29, 1.82) is 0 Å². The van der Waals surface area contributed by atoms with Crippen LogP contribution in [0.15, 0.2) is 59.8 Å². The van der Waals surface area contributed by atoms with Crippen molar-refractivity contribution >= 4 is 27.5 Å². The molecule has 0 fully saturated rings. The fraction of sp³-hybridized carbons (Fsp3) is 0.400. The Morgan fingerprint density at radius 2 is 2.00 bits per heavy atom. The number of carbonyl (C=O) groups is 2. The number of benzene rings is 2. The smallest absolute Gasteiger partial charge is 0.258 e. The predicted octanol–water partition coefficient (Wildman–Crippen LogP) is 0.853. The van der Waals surface area contributed by atoms with Crippen molar-refractivity contribution < 1.29 is 27.9 Å².